The van der Waals surface area contributed by atoms with E-state index in [1.54, 1.807) is 24.3 Å². The zero-order valence-corrected chi connectivity index (χ0v) is 11.9. The normalized spacial score (nSPS) is 11.8. The van der Waals surface area contributed by atoms with Gasteiger partial charge in [-0.05, 0) is 42.1 Å². The number of hydrogen-bond acceptors (Lipinski definition) is 2. The second kappa shape index (κ2) is 5.04. The first-order valence-corrected chi connectivity index (χ1v) is 7.11. The monoisotopic (exact) mass is 308 g/mol. The van der Waals surface area contributed by atoms with Crippen LogP contribution in [0.3, 0.4) is 0 Å². The van der Waals surface area contributed by atoms with E-state index in [-0.39, 0.29) is 0 Å². The number of halogens is 3. The molecule has 0 aliphatic rings. The number of rotatable bonds is 2. The van der Waals surface area contributed by atoms with Crippen molar-refractivity contribution in [3.63, 3.8) is 0 Å². The van der Waals surface area contributed by atoms with E-state index in [2.05, 4.69) is 5.10 Å². The fourth-order valence-corrected chi connectivity index (χ4v) is 2.80. The molecule has 0 amide bonds. The van der Waals surface area contributed by atoms with Crippen LogP contribution in [0.25, 0.3) is 16.3 Å². The quantitative estimate of drug-likeness (QED) is 0.656. The Morgan fingerprint density at radius 2 is 1.90 bits per heavy atom. The summed E-state index contributed by atoms with van der Waals surface area (Å²) in [5.41, 5.74) is 1.15. The maximum absolute atomic E-state index is 12.9. The fourth-order valence-electron chi connectivity index (χ4n) is 2.08. The molecular formula is C15H11F3N2S. The van der Waals surface area contributed by atoms with Crippen LogP contribution >= 0.6 is 11.3 Å². The molecule has 0 radical (unpaired) electrons. The number of hydrogen-bond donors (Lipinski definition) is 0. The SMILES string of the molecule is Cc1cccc(-n2nc(C(F)(F)F)cc2-c2cccs2)c1. The summed E-state index contributed by atoms with van der Waals surface area (Å²) < 4.78 is 40.2. The van der Waals surface area contributed by atoms with E-state index in [0.29, 0.717) is 11.4 Å². The predicted octanol–water partition coefficient (Wildman–Crippen LogP) is 4.93. The van der Waals surface area contributed by atoms with Gasteiger partial charge < -0.3 is 0 Å². The lowest BCUT2D eigenvalue weighted by Gasteiger charge is -2.07. The Balaban J connectivity index is 2.21. The lowest BCUT2D eigenvalue weighted by atomic mass is 10.2. The van der Waals surface area contributed by atoms with Crippen LogP contribution in [0.1, 0.15) is 11.3 Å². The van der Waals surface area contributed by atoms with Crippen LogP contribution < -0.4 is 0 Å². The van der Waals surface area contributed by atoms with Gasteiger partial charge in [-0.15, -0.1) is 11.3 Å². The third-order valence-corrected chi connectivity index (χ3v) is 3.91. The molecule has 0 saturated heterocycles. The average Bonchev–Trinajstić information content (AvgIpc) is 3.07. The third-order valence-electron chi connectivity index (χ3n) is 3.02. The highest BCUT2D eigenvalue weighted by Gasteiger charge is 2.35. The molecule has 0 unspecified atom stereocenters. The van der Waals surface area contributed by atoms with Crippen molar-refractivity contribution in [2.75, 3.05) is 0 Å². The summed E-state index contributed by atoms with van der Waals surface area (Å²) in [6.07, 6.45) is -4.46. The van der Waals surface area contributed by atoms with Gasteiger partial charge in [0, 0.05) is 0 Å². The molecule has 0 atom stereocenters. The van der Waals surface area contributed by atoms with E-state index >= 15 is 0 Å². The lowest BCUT2D eigenvalue weighted by Crippen LogP contribution is -2.07. The van der Waals surface area contributed by atoms with Crippen LogP contribution in [0.5, 0.6) is 0 Å². The van der Waals surface area contributed by atoms with Gasteiger partial charge in [-0.3, -0.25) is 0 Å². The highest BCUT2D eigenvalue weighted by atomic mass is 32.1. The number of aryl methyl sites for hydroxylation is 1. The molecule has 1 aromatic carbocycles. The molecule has 3 rings (SSSR count). The first kappa shape index (κ1) is 13.9. The Morgan fingerprint density at radius 3 is 2.52 bits per heavy atom. The fraction of sp³-hybridized carbons (Fsp3) is 0.133. The minimum Gasteiger partial charge on any atom is -0.232 e. The van der Waals surface area contributed by atoms with Crippen molar-refractivity contribution in [3.8, 4) is 16.3 Å². The molecule has 6 heteroatoms. The van der Waals surface area contributed by atoms with Gasteiger partial charge in [0.25, 0.3) is 0 Å². The van der Waals surface area contributed by atoms with Crippen molar-refractivity contribution in [2.45, 2.75) is 13.1 Å². The molecule has 0 N–H and O–H groups in total. The van der Waals surface area contributed by atoms with E-state index in [1.165, 1.54) is 16.0 Å². The Morgan fingerprint density at radius 1 is 1.10 bits per heavy atom. The molecule has 0 spiro atoms. The Bertz CT molecular complexity index is 758. The lowest BCUT2D eigenvalue weighted by molar-refractivity contribution is -0.141. The molecule has 2 heterocycles. The van der Waals surface area contributed by atoms with Gasteiger partial charge in [0.2, 0.25) is 0 Å². The van der Waals surface area contributed by atoms with Gasteiger partial charge in [-0.2, -0.15) is 18.3 Å². The molecule has 0 fully saturated rings. The number of benzene rings is 1. The second-order valence-corrected chi connectivity index (χ2v) is 5.59. The first-order valence-electron chi connectivity index (χ1n) is 6.23. The summed E-state index contributed by atoms with van der Waals surface area (Å²) in [7, 11) is 0. The molecule has 21 heavy (non-hydrogen) atoms. The molecule has 2 aromatic heterocycles. The van der Waals surface area contributed by atoms with Crippen molar-refractivity contribution in [2.24, 2.45) is 0 Å². The average molecular weight is 308 g/mol. The minimum absolute atomic E-state index is 0.447. The second-order valence-electron chi connectivity index (χ2n) is 4.64. The molecule has 3 aromatic rings. The van der Waals surface area contributed by atoms with Crippen molar-refractivity contribution in [1.29, 1.82) is 0 Å². The van der Waals surface area contributed by atoms with Gasteiger partial charge in [-0.25, -0.2) is 4.68 Å². The molecular weight excluding hydrogens is 297 g/mol. The summed E-state index contributed by atoms with van der Waals surface area (Å²) in [6.45, 7) is 1.89. The van der Waals surface area contributed by atoms with Crippen molar-refractivity contribution < 1.29 is 13.2 Å². The van der Waals surface area contributed by atoms with Gasteiger partial charge >= 0.3 is 6.18 Å². The smallest absolute Gasteiger partial charge is 0.232 e. The van der Waals surface area contributed by atoms with Crippen molar-refractivity contribution in [1.82, 2.24) is 9.78 Å². The molecule has 0 aliphatic heterocycles. The number of nitrogens with zero attached hydrogens (tertiary/aromatic N) is 2. The summed E-state index contributed by atoms with van der Waals surface area (Å²) in [6, 6.07) is 11.9. The predicted molar refractivity (Wildman–Crippen MR) is 76.6 cm³/mol. The van der Waals surface area contributed by atoms with E-state index in [4.69, 9.17) is 0 Å². The summed E-state index contributed by atoms with van der Waals surface area (Å²) >= 11 is 1.38. The van der Waals surface area contributed by atoms with Crippen LogP contribution in [0.2, 0.25) is 0 Å². The zero-order valence-electron chi connectivity index (χ0n) is 11.1. The maximum atomic E-state index is 12.9. The minimum atomic E-state index is -4.46. The molecule has 2 nitrogen and oxygen atoms in total. The van der Waals surface area contributed by atoms with E-state index < -0.39 is 11.9 Å². The zero-order chi connectivity index (χ0) is 15.0. The van der Waals surface area contributed by atoms with Gasteiger partial charge in [0.15, 0.2) is 5.69 Å². The van der Waals surface area contributed by atoms with Crippen molar-refractivity contribution >= 4 is 11.3 Å². The molecule has 108 valence electrons. The van der Waals surface area contributed by atoms with Gasteiger partial charge in [0.1, 0.15) is 0 Å². The first-order chi connectivity index (χ1) is 9.95. The van der Waals surface area contributed by atoms with Gasteiger partial charge in [-0.1, -0.05) is 18.2 Å². The molecule has 0 aliphatic carbocycles. The van der Waals surface area contributed by atoms with Crippen LogP contribution in [0, 0.1) is 6.92 Å². The Kier molecular flexibility index (Phi) is 3.33. The topological polar surface area (TPSA) is 17.8 Å². The third kappa shape index (κ3) is 2.71. The maximum Gasteiger partial charge on any atom is 0.435 e. The molecule has 0 bridgehead atoms. The Hall–Kier alpha value is -2.08. The number of thiophene rings is 1. The largest absolute Gasteiger partial charge is 0.435 e. The summed E-state index contributed by atoms with van der Waals surface area (Å²) in [5, 5.41) is 5.58. The van der Waals surface area contributed by atoms with Crippen LogP contribution in [0.15, 0.2) is 47.8 Å². The molecule has 0 saturated carbocycles. The van der Waals surface area contributed by atoms with E-state index in [0.717, 1.165) is 16.5 Å². The van der Waals surface area contributed by atoms with Crippen LogP contribution in [-0.4, -0.2) is 9.78 Å². The standard InChI is InChI=1S/C15H11F3N2S/c1-10-4-2-5-11(8-10)20-12(13-6-3-7-21-13)9-14(19-20)15(16,17)18/h2-9H,1H3. The number of aromatic nitrogens is 2. The number of alkyl halides is 3. The highest BCUT2D eigenvalue weighted by molar-refractivity contribution is 7.13. The van der Waals surface area contributed by atoms with Crippen LogP contribution in [-0.2, 0) is 6.18 Å². The van der Waals surface area contributed by atoms with E-state index in [1.807, 2.05) is 24.4 Å². The summed E-state index contributed by atoms with van der Waals surface area (Å²) in [4.78, 5) is 0.750. The van der Waals surface area contributed by atoms with Crippen LogP contribution in [0.4, 0.5) is 13.2 Å². The van der Waals surface area contributed by atoms with E-state index in [9.17, 15) is 13.2 Å². The van der Waals surface area contributed by atoms with Gasteiger partial charge in [0.05, 0.1) is 16.3 Å². The summed E-state index contributed by atoms with van der Waals surface area (Å²) in [5.74, 6) is 0. The highest BCUT2D eigenvalue weighted by Crippen LogP contribution is 2.34. The Labute approximate surface area is 123 Å². The van der Waals surface area contributed by atoms with Crippen molar-refractivity contribution in [3.05, 3.63) is 59.1 Å².